The number of hydrogen-bond acceptors (Lipinski definition) is 1. The molecule has 0 unspecified atom stereocenters. The first kappa shape index (κ1) is 7.56. The Morgan fingerprint density at radius 1 is 1.21 bits per heavy atom. The van der Waals surface area contributed by atoms with E-state index in [4.69, 9.17) is 0 Å². The molecule has 2 aromatic rings. The molecule has 0 atom stereocenters. The molecule has 0 fully saturated rings. The van der Waals surface area contributed by atoms with Crippen molar-refractivity contribution in [3.63, 3.8) is 0 Å². The van der Waals surface area contributed by atoms with Gasteiger partial charge < -0.3 is 4.98 Å². The van der Waals surface area contributed by atoms with Crippen LogP contribution in [0.4, 0.5) is 0 Å². The van der Waals surface area contributed by atoms with Gasteiger partial charge in [-0.25, -0.2) is 0 Å². The predicted octanol–water partition coefficient (Wildman–Crippen LogP) is 2.99. The van der Waals surface area contributed by atoms with Crippen LogP contribution in [-0.4, -0.2) is 9.97 Å². The third-order valence-corrected chi connectivity index (χ3v) is 2.46. The minimum atomic E-state index is 0.997. The smallest absolute Gasteiger partial charge is 0.0957 e. The number of rotatable bonds is 0. The van der Waals surface area contributed by atoms with Crippen molar-refractivity contribution in [3.8, 4) is 0 Å². The summed E-state index contributed by atoms with van der Waals surface area (Å²) in [4.78, 5) is 7.74. The molecular weight excluding hydrogens is 172 g/mol. The summed E-state index contributed by atoms with van der Waals surface area (Å²) >= 11 is 0. The molecule has 14 heavy (non-hydrogen) atoms. The van der Waals surface area contributed by atoms with E-state index in [0.717, 1.165) is 23.1 Å². The second-order valence-electron chi connectivity index (χ2n) is 3.39. The van der Waals surface area contributed by atoms with Crippen molar-refractivity contribution in [2.45, 2.75) is 6.42 Å². The lowest BCUT2D eigenvalue weighted by Gasteiger charge is -1.89. The first-order valence-electron chi connectivity index (χ1n) is 4.75. The minimum absolute atomic E-state index is 0.997. The van der Waals surface area contributed by atoms with Gasteiger partial charge in [-0.2, -0.15) is 0 Å². The van der Waals surface area contributed by atoms with Crippen molar-refractivity contribution in [1.29, 1.82) is 0 Å². The van der Waals surface area contributed by atoms with E-state index in [2.05, 4.69) is 40.3 Å². The van der Waals surface area contributed by atoms with Crippen LogP contribution >= 0.6 is 0 Å². The zero-order chi connectivity index (χ0) is 9.38. The fourth-order valence-corrected chi connectivity index (χ4v) is 1.81. The molecule has 0 aliphatic heterocycles. The van der Waals surface area contributed by atoms with Crippen molar-refractivity contribution in [2.75, 3.05) is 0 Å². The lowest BCUT2D eigenvalue weighted by molar-refractivity contribution is 1.39. The highest BCUT2D eigenvalue weighted by Gasteiger charge is 2.08. The molecule has 0 aromatic carbocycles. The molecule has 2 heterocycles. The number of nitrogens with zero attached hydrogens (tertiary/aromatic N) is 1. The molecule has 2 aromatic heterocycles. The molecule has 1 aliphatic rings. The Morgan fingerprint density at radius 2 is 2.14 bits per heavy atom. The standard InChI is InChI=1S/C12H10N2/c1-2-5-9-10(6-3-1)14-11-7-4-8-13-12(9)11/h2-8,14H,1H2. The number of fused-ring (bicyclic) bond motifs is 3. The van der Waals surface area contributed by atoms with Crippen molar-refractivity contribution in [2.24, 2.45) is 0 Å². The summed E-state index contributed by atoms with van der Waals surface area (Å²) in [5.41, 5.74) is 4.53. The minimum Gasteiger partial charge on any atom is -0.353 e. The van der Waals surface area contributed by atoms with Crippen molar-refractivity contribution in [3.05, 3.63) is 41.7 Å². The van der Waals surface area contributed by atoms with Gasteiger partial charge in [0.25, 0.3) is 0 Å². The van der Waals surface area contributed by atoms with Crippen LogP contribution in [0.1, 0.15) is 17.7 Å². The molecule has 0 saturated carbocycles. The van der Waals surface area contributed by atoms with E-state index < -0.39 is 0 Å². The average molecular weight is 182 g/mol. The van der Waals surface area contributed by atoms with Gasteiger partial charge in [-0.1, -0.05) is 18.2 Å². The molecule has 0 bridgehead atoms. The van der Waals surface area contributed by atoms with Crippen molar-refractivity contribution in [1.82, 2.24) is 9.97 Å². The normalized spacial score (nSPS) is 14.3. The summed E-state index contributed by atoms with van der Waals surface area (Å²) in [6.45, 7) is 0. The highest BCUT2D eigenvalue weighted by Crippen LogP contribution is 2.24. The summed E-state index contributed by atoms with van der Waals surface area (Å²) in [5.74, 6) is 0. The first-order chi connectivity index (χ1) is 6.95. The van der Waals surface area contributed by atoms with Gasteiger partial charge in [0.15, 0.2) is 0 Å². The fourth-order valence-electron chi connectivity index (χ4n) is 1.81. The van der Waals surface area contributed by atoms with Crippen LogP contribution < -0.4 is 0 Å². The molecule has 0 saturated heterocycles. The molecule has 2 heteroatoms. The van der Waals surface area contributed by atoms with Gasteiger partial charge in [0.05, 0.1) is 11.0 Å². The highest BCUT2D eigenvalue weighted by atomic mass is 14.8. The molecular formula is C12H10N2. The maximum atomic E-state index is 4.38. The maximum absolute atomic E-state index is 4.38. The Bertz CT molecular complexity index is 532. The molecule has 1 N–H and O–H groups in total. The number of nitrogens with one attached hydrogen (secondary N) is 1. The quantitative estimate of drug-likeness (QED) is 0.666. The van der Waals surface area contributed by atoms with Crippen LogP contribution in [0.3, 0.4) is 0 Å². The summed E-state index contributed by atoms with van der Waals surface area (Å²) in [7, 11) is 0. The van der Waals surface area contributed by atoms with E-state index in [0.29, 0.717) is 0 Å². The number of aromatic amines is 1. The Hall–Kier alpha value is -1.83. The molecule has 0 radical (unpaired) electrons. The Labute approximate surface area is 82.0 Å². The molecule has 0 spiro atoms. The summed E-state index contributed by atoms with van der Waals surface area (Å²) < 4.78 is 0. The van der Waals surface area contributed by atoms with Crippen LogP contribution in [0.5, 0.6) is 0 Å². The Kier molecular flexibility index (Phi) is 1.53. The number of hydrogen-bond donors (Lipinski definition) is 1. The van der Waals surface area contributed by atoms with E-state index in [1.807, 2.05) is 12.3 Å². The zero-order valence-corrected chi connectivity index (χ0v) is 7.70. The van der Waals surface area contributed by atoms with Crippen molar-refractivity contribution < 1.29 is 0 Å². The van der Waals surface area contributed by atoms with Gasteiger partial charge in [-0.05, 0) is 24.6 Å². The van der Waals surface area contributed by atoms with Crippen molar-refractivity contribution >= 4 is 23.2 Å². The van der Waals surface area contributed by atoms with Crippen LogP contribution in [0, 0.1) is 0 Å². The van der Waals surface area contributed by atoms with Gasteiger partial charge in [0.2, 0.25) is 0 Å². The monoisotopic (exact) mass is 182 g/mol. The average Bonchev–Trinajstić information content (AvgIpc) is 2.42. The van der Waals surface area contributed by atoms with Crippen LogP contribution in [0.2, 0.25) is 0 Å². The predicted molar refractivity (Wildman–Crippen MR) is 58.8 cm³/mol. The molecule has 1 aliphatic carbocycles. The second-order valence-corrected chi connectivity index (χ2v) is 3.39. The van der Waals surface area contributed by atoms with Gasteiger partial charge in [-0.3, -0.25) is 4.98 Å². The third-order valence-electron chi connectivity index (χ3n) is 2.46. The van der Waals surface area contributed by atoms with Gasteiger partial charge in [0.1, 0.15) is 0 Å². The molecule has 68 valence electrons. The number of H-pyrrole nitrogens is 1. The topological polar surface area (TPSA) is 28.7 Å². The van der Waals surface area contributed by atoms with E-state index in [1.165, 1.54) is 5.56 Å². The number of pyridine rings is 1. The van der Waals surface area contributed by atoms with Gasteiger partial charge in [-0.15, -0.1) is 0 Å². The van der Waals surface area contributed by atoms with Crippen LogP contribution in [0.15, 0.2) is 30.5 Å². The fraction of sp³-hybridized carbons (Fsp3) is 0.0833. The largest absolute Gasteiger partial charge is 0.353 e. The zero-order valence-electron chi connectivity index (χ0n) is 7.70. The summed E-state index contributed by atoms with van der Waals surface area (Å²) in [6.07, 6.45) is 11.4. The van der Waals surface area contributed by atoms with Crippen LogP contribution in [0.25, 0.3) is 23.2 Å². The van der Waals surface area contributed by atoms with E-state index in [1.54, 1.807) is 0 Å². The van der Waals surface area contributed by atoms with E-state index in [-0.39, 0.29) is 0 Å². The second kappa shape index (κ2) is 2.84. The highest BCUT2D eigenvalue weighted by molar-refractivity contribution is 5.90. The molecule has 3 rings (SSSR count). The van der Waals surface area contributed by atoms with Crippen LogP contribution in [-0.2, 0) is 0 Å². The first-order valence-corrected chi connectivity index (χ1v) is 4.75. The summed E-state index contributed by atoms with van der Waals surface area (Å²) in [6, 6.07) is 4.00. The van der Waals surface area contributed by atoms with Gasteiger partial charge >= 0.3 is 0 Å². The lowest BCUT2D eigenvalue weighted by Crippen LogP contribution is -1.75. The van der Waals surface area contributed by atoms with Gasteiger partial charge in [0, 0.05) is 17.5 Å². The SMILES string of the molecule is C1=Cc2[nH]c3cccnc3c2C=CC1. The van der Waals surface area contributed by atoms with E-state index >= 15 is 0 Å². The Balaban J connectivity index is 2.41. The molecule has 2 nitrogen and oxygen atoms in total. The van der Waals surface area contributed by atoms with E-state index in [9.17, 15) is 0 Å². The number of aromatic nitrogens is 2. The Morgan fingerprint density at radius 3 is 3.14 bits per heavy atom. The third kappa shape index (κ3) is 1.01. The number of allylic oxidation sites excluding steroid dienone is 2. The maximum Gasteiger partial charge on any atom is 0.0957 e. The lowest BCUT2D eigenvalue weighted by atomic mass is 10.2. The molecule has 0 amide bonds. The summed E-state index contributed by atoms with van der Waals surface area (Å²) in [5, 5.41) is 0.